The lowest BCUT2D eigenvalue weighted by Crippen LogP contribution is -2.23. The Morgan fingerprint density at radius 2 is 1.83 bits per heavy atom. The van der Waals surface area contributed by atoms with Crippen molar-refractivity contribution in [3.8, 4) is 0 Å². The zero-order valence-electron chi connectivity index (χ0n) is 13.4. The second-order valence-corrected chi connectivity index (χ2v) is 6.74. The van der Waals surface area contributed by atoms with Crippen LogP contribution in [0.3, 0.4) is 0 Å². The second kappa shape index (κ2) is 6.88. The first kappa shape index (κ1) is 16.3. The van der Waals surface area contributed by atoms with Crippen molar-refractivity contribution in [2.45, 2.75) is 24.3 Å². The van der Waals surface area contributed by atoms with Crippen LogP contribution in [-0.2, 0) is 4.79 Å². The minimum absolute atomic E-state index is 0.0801. The number of ketones is 1. The number of benzene rings is 2. The number of hydrogen-bond acceptors (Lipinski definition) is 4. The van der Waals surface area contributed by atoms with Crippen LogP contribution in [0.25, 0.3) is 11.0 Å². The van der Waals surface area contributed by atoms with Crippen molar-refractivity contribution in [1.29, 1.82) is 0 Å². The highest BCUT2D eigenvalue weighted by Crippen LogP contribution is 2.25. The highest BCUT2D eigenvalue weighted by Gasteiger charge is 2.18. The average Bonchev–Trinajstić information content (AvgIpc) is 2.97. The van der Waals surface area contributed by atoms with E-state index in [9.17, 15) is 9.59 Å². The van der Waals surface area contributed by atoms with Gasteiger partial charge in [-0.15, -0.1) is 0 Å². The van der Waals surface area contributed by atoms with Gasteiger partial charge in [0.2, 0.25) is 5.91 Å². The van der Waals surface area contributed by atoms with Gasteiger partial charge in [0.1, 0.15) is 0 Å². The van der Waals surface area contributed by atoms with Crippen LogP contribution >= 0.6 is 11.8 Å². The summed E-state index contributed by atoms with van der Waals surface area (Å²) in [7, 11) is 0. The summed E-state index contributed by atoms with van der Waals surface area (Å²) in [5.74, 6) is -0.252. The van der Waals surface area contributed by atoms with Crippen molar-refractivity contribution in [2.24, 2.45) is 0 Å². The van der Waals surface area contributed by atoms with E-state index in [1.54, 1.807) is 24.3 Å². The number of thioether (sulfide) groups is 1. The topological polar surface area (TPSA) is 74.8 Å². The van der Waals surface area contributed by atoms with Gasteiger partial charge in [-0.25, -0.2) is 4.98 Å². The van der Waals surface area contributed by atoms with Gasteiger partial charge in [-0.2, -0.15) is 0 Å². The van der Waals surface area contributed by atoms with Crippen molar-refractivity contribution in [3.63, 3.8) is 0 Å². The molecular weight excluding hydrogens is 322 g/mol. The molecule has 1 unspecified atom stereocenters. The lowest BCUT2D eigenvalue weighted by Gasteiger charge is -2.12. The Labute approximate surface area is 143 Å². The first-order chi connectivity index (χ1) is 11.5. The molecule has 5 nitrogen and oxygen atoms in total. The van der Waals surface area contributed by atoms with Crippen molar-refractivity contribution in [2.75, 3.05) is 5.32 Å². The van der Waals surface area contributed by atoms with Gasteiger partial charge in [0, 0.05) is 5.56 Å². The summed E-state index contributed by atoms with van der Waals surface area (Å²) in [5, 5.41) is 3.16. The van der Waals surface area contributed by atoms with E-state index in [4.69, 9.17) is 0 Å². The van der Waals surface area contributed by atoms with E-state index < -0.39 is 0 Å². The molecule has 2 N–H and O–H groups in total. The predicted molar refractivity (Wildman–Crippen MR) is 96.5 cm³/mol. The molecule has 2 aromatic carbocycles. The number of fused-ring (bicyclic) bond motifs is 1. The van der Waals surface area contributed by atoms with Gasteiger partial charge in [-0.05, 0) is 38.1 Å². The number of aromatic amines is 1. The summed E-state index contributed by atoms with van der Waals surface area (Å²) in [4.78, 5) is 31.7. The molecule has 0 saturated heterocycles. The van der Waals surface area contributed by atoms with E-state index >= 15 is 0 Å². The fourth-order valence-corrected chi connectivity index (χ4v) is 3.16. The number of carbonyl (C=O) groups is 2. The Morgan fingerprint density at radius 1 is 1.12 bits per heavy atom. The lowest BCUT2D eigenvalue weighted by atomic mass is 10.1. The van der Waals surface area contributed by atoms with Crippen LogP contribution in [0.1, 0.15) is 24.2 Å². The van der Waals surface area contributed by atoms with E-state index in [2.05, 4.69) is 15.3 Å². The van der Waals surface area contributed by atoms with Crippen LogP contribution in [0.5, 0.6) is 0 Å². The number of hydrogen-bond donors (Lipinski definition) is 2. The van der Waals surface area contributed by atoms with Crippen molar-refractivity contribution >= 4 is 40.2 Å². The summed E-state index contributed by atoms with van der Waals surface area (Å²) >= 11 is 1.35. The van der Waals surface area contributed by atoms with Crippen LogP contribution in [0.4, 0.5) is 5.69 Å². The maximum Gasteiger partial charge on any atom is 0.237 e. The number of anilines is 1. The van der Waals surface area contributed by atoms with Gasteiger partial charge in [-0.1, -0.05) is 36.0 Å². The molecule has 1 atom stereocenters. The molecule has 24 heavy (non-hydrogen) atoms. The van der Waals surface area contributed by atoms with Crippen molar-refractivity contribution in [1.82, 2.24) is 9.97 Å². The fraction of sp³-hybridized carbons (Fsp3) is 0.167. The van der Waals surface area contributed by atoms with Crippen molar-refractivity contribution in [3.05, 3.63) is 54.1 Å². The molecule has 0 spiro atoms. The fourth-order valence-electron chi connectivity index (χ4n) is 2.34. The zero-order chi connectivity index (χ0) is 17.1. The molecule has 0 aliphatic carbocycles. The largest absolute Gasteiger partial charge is 0.333 e. The van der Waals surface area contributed by atoms with Gasteiger partial charge >= 0.3 is 0 Å². The van der Waals surface area contributed by atoms with E-state index in [0.717, 1.165) is 11.0 Å². The number of Topliss-reactive ketones (excluding diaryl/α,β-unsaturated/α-hetero) is 1. The molecule has 1 amide bonds. The van der Waals surface area contributed by atoms with Crippen LogP contribution < -0.4 is 5.32 Å². The maximum atomic E-state index is 12.4. The Balaban J connectivity index is 1.72. The second-order valence-electron chi connectivity index (χ2n) is 5.41. The van der Waals surface area contributed by atoms with E-state index in [1.807, 2.05) is 31.2 Å². The third-order valence-corrected chi connectivity index (χ3v) is 4.57. The Morgan fingerprint density at radius 3 is 2.58 bits per heavy atom. The maximum absolute atomic E-state index is 12.4. The predicted octanol–water partition coefficient (Wildman–Crippen LogP) is 3.88. The van der Waals surface area contributed by atoms with Gasteiger partial charge in [0.05, 0.1) is 22.0 Å². The molecule has 1 heterocycles. The molecule has 0 radical (unpaired) electrons. The number of carbonyl (C=O) groups excluding carboxylic acids is 2. The summed E-state index contributed by atoms with van der Waals surface area (Å²) in [6.07, 6.45) is 0. The number of H-pyrrole nitrogens is 1. The first-order valence-electron chi connectivity index (χ1n) is 7.57. The summed E-state index contributed by atoms with van der Waals surface area (Å²) < 4.78 is 0. The molecule has 6 heteroatoms. The summed E-state index contributed by atoms with van der Waals surface area (Å²) in [5.41, 5.74) is 2.85. The van der Waals surface area contributed by atoms with Gasteiger partial charge in [-0.3, -0.25) is 9.59 Å². The molecule has 1 aromatic heterocycles. The van der Waals surface area contributed by atoms with Crippen LogP contribution in [0.15, 0.2) is 53.7 Å². The highest BCUT2D eigenvalue weighted by molar-refractivity contribution is 8.00. The smallest absolute Gasteiger partial charge is 0.237 e. The molecule has 0 fully saturated rings. The normalized spacial score (nSPS) is 12.1. The number of nitrogens with one attached hydrogen (secondary N) is 2. The van der Waals surface area contributed by atoms with Gasteiger partial charge in [0.25, 0.3) is 0 Å². The number of rotatable bonds is 5. The molecule has 0 aliphatic heterocycles. The van der Waals surface area contributed by atoms with Gasteiger partial charge < -0.3 is 10.3 Å². The van der Waals surface area contributed by atoms with Crippen LogP contribution in [0, 0.1) is 0 Å². The monoisotopic (exact) mass is 339 g/mol. The molecule has 122 valence electrons. The number of aromatic nitrogens is 2. The Hall–Kier alpha value is -2.60. The van der Waals surface area contributed by atoms with Gasteiger partial charge in [0.15, 0.2) is 10.9 Å². The number of para-hydroxylation sites is 3. The van der Waals surface area contributed by atoms with Crippen molar-refractivity contribution < 1.29 is 9.59 Å². The Kier molecular flexibility index (Phi) is 4.66. The van der Waals surface area contributed by atoms with Crippen LogP contribution in [-0.4, -0.2) is 26.9 Å². The first-order valence-corrected chi connectivity index (χ1v) is 8.45. The molecule has 0 bridgehead atoms. The average molecular weight is 339 g/mol. The number of nitrogens with zero attached hydrogens (tertiary/aromatic N) is 1. The zero-order valence-corrected chi connectivity index (χ0v) is 14.2. The summed E-state index contributed by atoms with van der Waals surface area (Å²) in [6, 6.07) is 14.7. The molecule has 0 saturated carbocycles. The number of imidazole rings is 1. The molecule has 3 aromatic rings. The molecular formula is C18H17N3O2S. The summed E-state index contributed by atoms with van der Waals surface area (Å²) in [6.45, 7) is 3.29. The molecule has 3 rings (SSSR count). The number of amides is 1. The lowest BCUT2D eigenvalue weighted by molar-refractivity contribution is -0.115. The van der Waals surface area contributed by atoms with E-state index in [1.165, 1.54) is 18.7 Å². The quantitative estimate of drug-likeness (QED) is 0.546. The Bertz CT molecular complexity index is 871. The SMILES string of the molecule is CC(=O)c1ccccc1NC(=O)C(C)Sc1nc2ccccc2[nH]1. The van der Waals surface area contributed by atoms with Crippen LogP contribution in [0.2, 0.25) is 0 Å². The third-order valence-electron chi connectivity index (χ3n) is 3.59. The van der Waals surface area contributed by atoms with E-state index in [-0.39, 0.29) is 16.9 Å². The molecule has 0 aliphatic rings. The minimum Gasteiger partial charge on any atom is -0.333 e. The highest BCUT2D eigenvalue weighted by atomic mass is 32.2. The van der Waals surface area contributed by atoms with E-state index in [0.29, 0.717) is 16.4 Å². The third kappa shape index (κ3) is 3.49. The minimum atomic E-state index is -0.356. The standard InChI is InChI=1S/C18H17N3O2S/c1-11(22)13-7-3-4-8-14(13)19-17(23)12(2)24-18-20-15-9-5-6-10-16(15)21-18/h3-10,12H,1-2H3,(H,19,23)(H,20,21).